The molecule has 150 valence electrons. The summed E-state index contributed by atoms with van der Waals surface area (Å²) in [4.78, 5) is 13.3. The molecule has 1 aromatic carbocycles. The first kappa shape index (κ1) is 22.5. The van der Waals surface area contributed by atoms with Gasteiger partial charge in [0.25, 0.3) is 5.69 Å². The molecule has 0 aliphatic rings. The molecule has 0 heterocycles. The summed E-state index contributed by atoms with van der Waals surface area (Å²) in [5.41, 5.74) is -1.93. The minimum Gasteiger partial charge on any atom is -0.351 e. The molecular weight excluding hydrogens is 380 g/mol. The van der Waals surface area contributed by atoms with E-state index < -0.39 is 35.4 Å². The Morgan fingerprint density at radius 1 is 1.11 bits per heavy atom. The van der Waals surface area contributed by atoms with E-state index in [2.05, 4.69) is 4.99 Å². The number of amidine groups is 1. The molecular formula is C16H17F6N3O2. The number of nitro groups is 1. The Morgan fingerprint density at radius 3 is 2.00 bits per heavy atom. The number of nitrogens with zero attached hydrogens (tertiary/aromatic N) is 3. The molecule has 0 saturated carbocycles. The van der Waals surface area contributed by atoms with Crippen LogP contribution in [0.4, 0.5) is 32.0 Å². The SMILES string of the molecule is CC/C(C)=C(/N=C(N(C)Cc1ccc([N+](=O)[O-])cc1)C(F)(F)F)C(F)(F)F. The summed E-state index contributed by atoms with van der Waals surface area (Å²) >= 11 is 0. The van der Waals surface area contributed by atoms with Crippen LogP contribution in [-0.4, -0.2) is 35.1 Å². The smallest absolute Gasteiger partial charge is 0.351 e. The summed E-state index contributed by atoms with van der Waals surface area (Å²) in [6, 6.07) is 4.63. The molecule has 1 rings (SSSR count). The van der Waals surface area contributed by atoms with E-state index in [1.807, 2.05) is 0 Å². The van der Waals surface area contributed by atoms with Crippen LogP contribution in [-0.2, 0) is 6.54 Å². The van der Waals surface area contributed by atoms with Crippen molar-refractivity contribution in [3.05, 3.63) is 51.2 Å². The molecule has 0 spiro atoms. The molecule has 0 fully saturated rings. The van der Waals surface area contributed by atoms with Crippen molar-refractivity contribution >= 4 is 11.5 Å². The van der Waals surface area contributed by atoms with Gasteiger partial charge in [-0.15, -0.1) is 0 Å². The Balaban J connectivity index is 3.28. The first-order chi connectivity index (χ1) is 12.3. The number of hydrogen-bond acceptors (Lipinski definition) is 3. The summed E-state index contributed by atoms with van der Waals surface area (Å²) < 4.78 is 79.2. The molecule has 0 saturated heterocycles. The van der Waals surface area contributed by atoms with Crippen molar-refractivity contribution in [1.82, 2.24) is 4.90 Å². The van der Waals surface area contributed by atoms with Crippen molar-refractivity contribution in [2.45, 2.75) is 39.2 Å². The van der Waals surface area contributed by atoms with E-state index in [9.17, 15) is 36.5 Å². The second-order valence-electron chi connectivity index (χ2n) is 5.69. The zero-order valence-corrected chi connectivity index (χ0v) is 14.6. The highest BCUT2D eigenvalue weighted by Gasteiger charge is 2.43. The van der Waals surface area contributed by atoms with Crippen molar-refractivity contribution in [3.8, 4) is 0 Å². The number of alkyl halides is 6. The summed E-state index contributed by atoms with van der Waals surface area (Å²) in [6.07, 6.45) is -10.3. The van der Waals surface area contributed by atoms with Crippen molar-refractivity contribution in [1.29, 1.82) is 0 Å². The van der Waals surface area contributed by atoms with Crippen LogP contribution in [0.25, 0.3) is 0 Å². The van der Waals surface area contributed by atoms with Crippen LogP contribution < -0.4 is 0 Å². The van der Waals surface area contributed by atoms with Gasteiger partial charge in [-0.05, 0) is 24.5 Å². The standard InChI is InChI=1S/C16H17F6N3O2/c1-4-10(2)13(15(17,18)19)23-14(16(20,21)22)24(3)9-11-5-7-12(8-6-11)25(26)27/h5-8H,4,9H2,1-3H3/b13-10+,23-14?. The van der Waals surface area contributed by atoms with Crippen LogP contribution in [0, 0.1) is 10.1 Å². The third-order valence-corrected chi connectivity index (χ3v) is 3.60. The third-order valence-electron chi connectivity index (χ3n) is 3.60. The predicted molar refractivity (Wildman–Crippen MR) is 87.1 cm³/mol. The molecule has 0 aliphatic heterocycles. The molecule has 0 aromatic heterocycles. The predicted octanol–water partition coefficient (Wildman–Crippen LogP) is 5.23. The fraction of sp³-hybridized carbons (Fsp3) is 0.438. The first-order valence-corrected chi connectivity index (χ1v) is 7.64. The molecule has 0 radical (unpaired) electrons. The lowest BCUT2D eigenvalue weighted by atomic mass is 10.1. The largest absolute Gasteiger partial charge is 0.449 e. The first-order valence-electron chi connectivity index (χ1n) is 7.64. The molecule has 0 atom stereocenters. The third kappa shape index (κ3) is 6.26. The van der Waals surface area contributed by atoms with Gasteiger partial charge in [-0.1, -0.05) is 19.1 Å². The fourth-order valence-corrected chi connectivity index (χ4v) is 2.11. The monoisotopic (exact) mass is 397 g/mol. The van der Waals surface area contributed by atoms with Crippen molar-refractivity contribution < 1.29 is 31.3 Å². The lowest BCUT2D eigenvalue weighted by Crippen LogP contribution is -2.39. The zero-order chi connectivity index (χ0) is 21.0. The van der Waals surface area contributed by atoms with Gasteiger partial charge in [0.15, 0.2) is 0 Å². The van der Waals surface area contributed by atoms with Gasteiger partial charge >= 0.3 is 12.4 Å². The summed E-state index contributed by atoms with van der Waals surface area (Å²) in [5.74, 6) is -1.71. The molecule has 5 nitrogen and oxygen atoms in total. The highest BCUT2D eigenvalue weighted by Crippen LogP contribution is 2.33. The molecule has 0 aliphatic carbocycles. The second kappa shape index (κ2) is 8.40. The van der Waals surface area contributed by atoms with Gasteiger partial charge in [0.05, 0.1) is 4.92 Å². The number of non-ortho nitro benzene ring substituents is 1. The number of hydrogen-bond donors (Lipinski definition) is 0. The average molecular weight is 397 g/mol. The number of nitro benzene ring substituents is 1. The van der Waals surface area contributed by atoms with Gasteiger partial charge < -0.3 is 4.90 Å². The van der Waals surface area contributed by atoms with Crippen LogP contribution in [0.1, 0.15) is 25.8 Å². The minimum absolute atomic E-state index is 0.116. The molecule has 0 amide bonds. The van der Waals surface area contributed by atoms with Crippen LogP contribution in [0.2, 0.25) is 0 Å². The lowest BCUT2D eigenvalue weighted by Gasteiger charge is -2.24. The van der Waals surface area contributed by atoms with Gasteiger partial charge in [-0.2, -0.15) is 26.3 Å². The quantitative estimate of drug-likeness (QED) is 0.225. The van der Waals surface area contributed by atoms with Crippen LogP contribution >= 0.6 is 0 Å². The Bertz CT molecular complexity index is 736. The lowest BCUT2D eigenvalue weighted by molar-refractivity contribution is -0.384. The topological polar surface area (TPSA) is 58.7 Å². The van der Waals surface area contributed by atoms with Gasteiger partial charge in [0.1, 0.15) is 5.70 Å². The molecule has 11 heteroatoms. The summed E-state index contributed by atoms with van der Waals surface area (Å²) in [6.45, 7) is 2.01. The van der Waals surface area contributed by atoms with Crippen LogP contribution in [0.3, 0.4) is 0 Å². The van der Waals surface area contributed by atoms with E-state index in [4.69, 9.17) is 0 Å². The Hall–Kier alpha value is -2.59. The number of allylic oxidation sites excluding steroid dienone is 2. The van der Waals surface area contributed by atoms with Gasteiger partial charge in [-0.3, -0.25) is 10.1 Å². The van der Waals surface area contributed by atoms with Crippen LogP contribution in [0.15, 0.2) is 40.5 Å². The number of halogens is 6. The highest BCUT2D eigenvalue weighted by atomic mass is 19.4. The van der Waals surface area contributed by atoms with E-state index in [-0.39, 0.29) is 23.2 Å². The summed E-state index contributed by atoms with van der Waals surface area (Å²) in [7, 11) is 0.947. The molecule has 0 bridgehead atoms. The summed E-state index contributed by atoms with van der Waals surface area (Å²) in [5, 5.41) is 10.6. The van der Waals surface area contributed by atoms with E-state index in [1.54, 1.807) is 0 Å². The van der Waals surface area contributed by atoms with E-state index >= 15 is 0 Å². The Kier molecular flexibility index (Phi) is 6.99. The van der Waals surface area contributed by atoms with Crippen molar-refractivity contribution in [3.63, 3.8) is 0 Å². The van der Waals surface area contributed by atoms with Gasteiger partial charge in [-0.25, -0.2) is 4.99 Å². The molecule has 27 heavy (non-hydrogen) atoms. The molecule has 0 N–H and O–H groups in total. The average Bonchev–Trinajstić information content (AvgIpc) is 2.52. The zero-order valence-electron chi connectivity index (χ0n) is 14.6. The van der Waals surface area contributed by atoms with Crippen molar-refractivity contribution in [2.24, 2.45) is 4.99 Å². The molecule has 0 unspecified atom stereocenters. The second-order valence-corrected chi connectivity index (χ2v) is 5.69. The van der Waals surface area contributed by atoms with E-state index in [0.717, 1.165) is 26.1 Å². The maximum absolute atomic E-state index is 13.3. The van der Waals surface area contributed by atoms with Gasteiger partial charge in [0, 0.05) is 25.7 Å². The minimum atomic E-state index is -5.12. The molecule has 1 aromatic rings. The van der Waals surface area contributed by atoms with Crippen molar-refractivity contribution in [2.75, 3.05) is 7.05 Å². The number of aliphatic imine (C=N–C) groups is 1. The Morgan fingerprint density at radius 2 is 1.63 bits per heavy atom. The maximum Gasteiger partial charge on any atom is 0.449 e. The van der Waals surface area contributed by atoms with Crippen LogP contribution in [0.5, 0.6) is 0 Å². The number of benzene rings is 1. The maximum atomic E-state index is 13.3. The number of rotatable bonds is 5. The Labute approximate surface area is 151 Å². The van der Waals surface area contributed by atoms with Gasteiger partial charge in [0.2, 0.25) is 5.84 Å². The van der Waals surface area contributed by atoms with E-state index in [0.29, 0.717) is 4.90 Å². The normalized spacial score (nSPS) is 14.0. The van der Waals surface area contributed by atoms with E-state index in [1.165, 1.54) is 19.1 Å². The fourth-order valence-electron chi connectivity index (χ4n) is 2.11. The highest BCUT2D eigenvalue weighted by molar-refractivity contribution is 5.88.